The minimum atomic E-state index is -0.797. The summed E-state index contributed by atoms with van der Waals surface area (Å²) in [5.74, 6) is 1.08. The van der Waals surface area contributed by atoms with Gasteiger partial charge in [-0.1, -0.05) is 12.1 Å². The Hall–Kier alpha value is -3.06. The summed E-state index contributed by atoms with van der Waals surface area (Å²) in [5, 5.41) is 9.92. The number of thiazole rings is 1. The van der Waals surface area contributed by atoms with Crippen LogP contribution >= 0.6 is 11.3 Å². The van der Waals surface area contributed by atoms with E-state index in [4.69, 9.17) is 24.3 Å². The van der Waals surface area contributed by atoms with Crippen molar-refractivity contribution in [2.75, 3.05) is 20.3 Å². The Morgan fingerprint density at radius 1 is 1.24 bits per heavy atom. The number of allylic oxidation sites excluding steroid dienone is 1. The van der Waals surface area contributed by atoms with E-state index in [1.54, 1.807) is 18.4 Å². The number of aliphatic carboxylic acids is 1. The molecule has 0 amide bonds. The fourth-order valence-electron chi connectivity index (χ4n) is 3.26. The van der Waals surface area contributed by atoms with Gasteiger partial charge in [-0.05, 0) is 54.3 Å². The molecule has 0 radical (unpaired) electrons. The first-order chi connectivity index (χ1) is 14.1. The van der Waals surface area contributed by atoms with Crippen molar-refractivity contribution in [1.29, 1.82) is 0 Å². The zero-order valence-corrected chi connectivity index (χ0v) is 16.8. The first-order valence-electron chi connectivity index (χ1n) is 9.40. The molecule has 2 aromatic carbocycles. The predicted molar refractivity (Wildman–Crippen MR) is 113 cm³/mol. The Kier molecular flexibility index (Phi) is 5.67. The molecule has 0 unspecified atom stereocenters. The molecule has 0 bridgehead atoms. The van der Waals surface area contributed by atoms with Crippen molar-refractivity contribution >= 4 is 39.2 Å². The number of para-hydroxylation sites is 1. The monoisotopic (exact) mass is 411 g/mol. The molecular formula is C22H21NO5S. The van der Waals surface area contributed by atoms with Crippen LogP contribution < -0.4 is 14.2 Å². The number of hydrogen-bond donors (Lipinski definition) is 1. The van der Waals surface area contributed by atoms with Crippen molar-refractivity contribution in [2.45, 2.75) is 19.3 Å². The maximum atomic E-state index is 11.0. The third-order valence-electron chi connectivity index (χ3n) is 4.60. The van der Waals surface area contributed by atoms with Crippen LogP contribution in [0.5, 0.6) is 17.2 Å². The van der Waals surface area contributed by atoms with Crippen molar-refractivity contribution in [1.82, 2.24) is 4.98 Å². The molecule has 1 aliphatic rings. The van der Waals surface area contributed by atoms with Crippen molar-refractivity contribution in [3.63, 3.8) is 0 Å². The fraction of sp³-hybridized carbons (Fsp3) is 0.273. The van der Waals surface area contributed by atoms with Crippen LogP contribution in [0.1, 0.15) is 29.8 Å². The third-order valence-corrected chi connectivity index (χ3v) is 5.71. The highest BCUT2D eigenvalue weighted by atomic mass is 32.1. The summed E-state index contributed by atoms with van der Waals surface area (Å²) in [4.78, 5) is 15.7. The van der Waals surface area contributed by atoms with Gasteiger partial charge in [0.2, 0.25) is 5.75 Å². The summed E-state index contributed by atoms with van der Waals surface area (Å²) in [5.41, 5.74) is 2.83. The molecule has 6 nitrogen and oxygen atoms in total. The van der Waals surface area contributed by atoms with E-state index >= 15 is 0 Å². The fourth-order valence-corrected chi connectivity index (χ4v) is 4.27. The molecular weight excluding hydrogens is 390 g/mol. The van der Waals surface area contributed by atoms with Crippen LogP contribution in [0.3, 0.4) is 0 Å². The number of carbonyl (C=O) groups is 1. The van der Waals surface area contributed by atoms with Crippen LogP contribution in [0, 0.1) is 0 Å². The number of hydrogen-bond acceptors (Lipinski definition) is 6. The number of ether oxygens (including phenoxy) is 3. The highest BCUT2D eigenvalue weighted by Crippen LogP contribution is 2.41. The molecule has 7 heteroatoms. The molecule has 2 heterocycles. The Bertz CT molecular complexity index is 1020. The first kappa shape index (κ1) is 19.3. The van der Waals surface area contributed by atoms with Gasteiger partial charge in [-0.2, -0.15) is 0 Å². The lowest BCUT2D eigenvalue weighted by molar-refractivity contribution is -0.137. The lowest BCUT2D eigenvalue weighted by Crippen LogP contribution is -2.16. The van der Waals surface area contributed by atoms with Gasteiger partial charge in [0.1, 0.15) is 18.2 Å². The summed E-state index contributed by atoms with van der Waals surface area (Å²) in [7, 11) is 1.60. The van der Waals surface area contributed by atoms with E-state index in [-0.39, 0.29) is 6.42 Å². The average Bonchev–Trinajstić information content (AvgIpc) is 3.16. The molecule has 1 aromatic heterocycles. The second-order valence-corrected chi connectivity index (χ2v) is 7.68. The Balaban J connectivity index is 1.73. The van der Waals surface area contributed by atoms with Gasteiger partial charge in [0.15, 0.2) is 11.5 Å². The normalized spacial score (nSPS) is 13.5. The molecule has 0 saturated heterocycles. The number of fused-ring (bicyclic) bond motifs is 2. The van der Waals surface area contributed by atoms with Crippen molar-refractivity contribution in [2.24, 2.45) is 0 Å². The van der Waals surface area contributed by atoms with Gasteiger partial charge in [0, 0.05) is 6.42 Å². The molecule has 0 spiro atoms. The predicted octanol–water partition coefficient (Wildman–Crippen LogP) is 4.87. The standard InChI is InChI=1S/C22H21NO5S/c1-26-17-12-14(13-18-21(17)28-10-9-27-18)11-15(5-4-8-20(24)25)22-23-16-6-2-3-7-19(16)29-22/h2-3,6-7,11-13H,4-5,8-10H2,1H3,(H,24,25)/b15-11-. The van der Waals surface area contributed by atoms with Crippen LogP contribution in [-0.2, 0) is 4.79 Å². The molecule has 0 atom stereocenters. The van der Waals surface area contributed by atoms with E-state index in [0.29, 0.717) is 43.3 Å². The molecule has 1 N–H and O–H groups in total. The molecule has 150 valence electrons. The second-order valence-electron chi connectivity index (χ2n) is 6.65. The quantitative estimate of drug-likeness (QED) is 0.598. The first-order valence-corrected chi connectivity index (χ1v) is 10.2. The van der Waals surface area contributed by atoms with E-state index in [0.717, 1.165) is 26.4 Å². The van der Waals surface area contributed by atoms with E-state index < -0.39 is 5.97 Å². The van der Waals surface area contributed by atoms with Gasteiger partial charge in [-0.25, -0.2) is 4.98 Å². The lowest BCUT2D eigenvalue weighted by Gasteiger charge is -2.21. The van der Waals surface area contributed by atoms with Crippen molar-refractivity contribution in [3.05, 3.63) is 47.0 Å². The Labute approximate surface area is 172 Å². The molecule has 0 fully saturated rings. The van der Waals surface area contributed by atoms with Gasteiger partial charge >= 0.3 is 5.97 Å². The maximum absolute atomic E-state index is 11.0. The maximum Gasteiger partial charge on any atom is 0.303 e. The van der Waals surface area contributed by atoms with Gasteiger partial charge in [0.05, 0.1) is 17.3 Å². The number of nitrogens with zero attached hydrogens (tertiary/aromatic N) is 1. The van der Waals surface area contributed by atoms with Gasteiger partial charge in [-0.3, -0.25) is 4.79 Å². The second kappa shape index (κ2) is 8.53. The number of carboxylic acid groups (broad SMARTS) is 1. The summed E-state index contributed by atoms with van der Waals surface area (Å²) in [6.45, 7) is 0.983. The molecule has 3 aromatic rings. The molecule has 0 aliphatic carbocycles. The van der Waals surface area contributed by atoms with Gasteiger partial charge in [-0.15, -0.1) is 11.3 Å². The number of rotatable bonds is 7. The minimum Gasteiger partial charge on any atom is -0.493 e. The lowest BCUT2D eigenvalue weighted by atomic mass is 10.0. The van der Waals surface area contributed by atoms with Crippen LogP contribution in [-0.4, -0.2) is 36.4 Å². The molecule has 29 heavy (non-hydrogen) atoms. The summed E-state index contributed by atoms with van der Waals surface area (Å²) >= 11 is 1.61. The van der Waals surface area contributed by atoms with Crippen LogP contribution in [0.15, 0.2) is 36.4 Å². The SMILES string of the molecule is COc1cc(/C=C(/CCCC(=O)O)c2nc3ccccc3s2)cc2c1OCCO2. The average molecular weight is 411 g/mol. The van der Waals surface area contributed by atoms with E-state index in [1.807, 2.05) is 42.5 Å². The summed E-state index contributed by atoms with van der Waals surface area (Å²) in [6, 6.07) is 11.8. The zero-order valence-electron chi connectivity index (χ0n) is 16.0. The third kappa shape index (κ3) is 4.35. The molecule has 0 saturated carbocycles. The number of carboxylic acids is 1. The Morgan fingerprint density at radius 3 is 2.86 bits per heavy atom. The van der Waals surface area contributed by atoms with Crippen LogP contribution in [0.25, 0.3) is 21.9 Å². The van der Waals surface area contributed by atoms with Crippen LogP contribution in [0.2, 0.25) is 0 Å². The highest BCUT2D eigenvalue weighted by Gasteiger charge is 2.19. The van der Waals surface area contributed by atoms with E-state index in [9.17, 15) is 4.79 Å². The Morgan fingerprint density at radius 2 is 2.07 bits per heavy atom. The number of methoxy groups -OCH3 is 1. The van der Waals surface area contributed by atoms with Gasteiger partial charge in [0.25, 0.3) is 0 Å². The largest absolute Gasteiger partial charge is 0.493 e. The zero-order chi connectivity index (χ0) is 20.2. The number of benzene rings is 2. The molecule has 1 aliphatic heterocycles. The minimum absolute atomic E-state index is 0.118. The highest BCUT2D eigenvalue weighted by molar-refractivity contribution is 7.19. The topological polar surface area (TPSA) is 77.9 Å². The van der Waals surface area contributed by atoms with E-state index in [2.05, 4.69) is 0 Å². The van der Waals surface area contributed by atoms with E-state index in [1.165, 1.54) is 0 Å². The van der Waals surface area contributed by atoms with Gasteiger partial charge < -0.3 is 19.3 Å². The smallest absolute Gasteiger partial charge is 0.303 e. The summed E-state index contributed by atoms with van der Waals surface area (Å²) in [6.07, 6.45) is 3.30. The number of aromatic nitrogens is 1. The molecule has 4 rings (SSSR count). The summed E-state index contributed by atoms with van der Waals surface area (Å²) < 4.78 is 18.0. The van der Waals surface area contributed by atoms with Crippen molar-refractivity contribution < 1.29 is 24.1 Å². The van der Waals surface area contributed by atoms with Crippen LogP contribution in [0.4, 0.5) is 0 Å². The van der Waals surface area contributed by atoms with Crippen molar-refractivity contribution in [3.8, 4) is 17.2 Å².